The van der Waals surface area contributed by atoms with Crippen LogP contribution in [-0.2, 0) is 6.42 Å². The fraction of sp³-hybridized carbons (Fsp3) is 0.214. The van der Waals surface area contributed by atoms with Crippen LogP contribution in [-0.4, -0.2) is 15.9 Å². The second kappa shape index (κ2) is 5.93. The van der Waals surface area contributed by atoms with Gasteiger partial charge in [-0.25, -0.2) is 4.98 Å². The molecular formula is C14H14BrN3O. The van der Waals surface area contributed by atoms with Gasteiger partial charge in [0, 0.05) is 16.4 Å². The van der Waals surface area contributed by atoms with Crippen molar-refractivity contribution in [3.05, 3.63) is 52.0 Å². The van der Waals surface area contributed by atoms with Crippen molar-refractivity contribution in [1.82, 2.24) is 9.97 Å². The lowest BCUT2D eigenvalue weighted by Gasteiger charge is -2.10. The zero-order valence-corrected chi connectivity index (χ0v) is 12.4. The zero-order valence-electron chi connectivity index (χ0n) is 10.8. The average molecular weight is 320 g/mol. The molecule has 1 aromatic carbocycles. The Kier molecular flexibility index (Phi) is 4.27. The van der Waals surface area contributed by atoms with E-state index in [2.05, 4.69) is 31.2 Å². The molecule has 0 aliphatic heterocycles. The van der Waals surface area contributed by atoms with Crippen LogP contribution in [0.15, 0.2) is 35.1 Å². The number of halogens is 1. The summed E-state index contributed by atoms with van der Waals surface area (Å²) in [5, 5.41) is 2.86. The molecule has 0 saturated heterocycles. The maximum atomic E-state index is 12.1. The molecule has 0 bridgehead atoms. The standard InChI is InChI=1S/C14H14BrN3O/c1-3-10-6-11(15)4-5-12(10)18-14(19)13-8-16-9(2)7-17-13/h4-8H,3H2,1-2H3,(H,18,19). The average Bonchev–Trinajstić information content (AvgIpc) is 2.41. The molecule has 1 heterocycles. The Morgan fingerprint density at radius 3 is 2.74 bits per heavy atom. The fourth-order valence-corrected chi connectivity index (χ4v) is 2.08. The van der Waals surface area contributed by atoms with Gasteiger partial charge in [-0.1, -0.05) is 22.9 Å². The van der Waals surface area contributed by atoms with Crippen molar-refractivity contribution in [2.75, 3.05) is 5.32 Å². The fourth-order valence-electron chi connectivity index (χ4n) is 1.67. The van der Waals surface area contributed by atoms with Gasteiger partial charge in [-0.2, -0.15) is 0 Å². The molecule has 1 N–H and O–H groups in total. The monoisotopic (exact) mass is 319 g/mol. The third-order valence-electron chi connectivity index (χ3n) is 2.71. The molecule has 5 heteroatoms. The minimum absolute atomic E-state index is 0.246. The van der Waals surface area contributed by atoms with E-state index in [0.29, 0.717) is 5.69 Å². The Morgan fingerprint density at radius 2 is 2.11 bits per heavy atom. The van der Waals surface area contributed by atoms with Gasteiger partial charge in [-0.15, -0.1) is 0 Å². The van der Waals surface area contributed by atoms with E-state index in [1.165, 1.54) is 6.20 Å². The van der Waals surface area contributed by atoms with Crippen LogP contribution in [0.4, 0.5) is 5.69 Å². The van der Waals surface area contributed by atoms with Crippen molar-refractivity contribution in [3.8, 4) is 0 Å². The van der Waals surface area contributed by atoms with Gasteiger partial charge in [0.2, 0.25) is 0 Å². The lowest BCUT2D eigenvalue weighted by molar-refractivity contribution is 0.102. The summed E-state index contributed by atoms with van der Waals surface area (Å²) in [5.41, 5.74) is 2.98. The van der Waals surface area contributed by atoms with Crippen LogP contribution < -0.4 is 5.32 Å². The maximum Gasteiger partial charge on any atom is 0.275 e. The number of benzene rings is 1. The molecule has 0 fully saturated rings. The number of anilines is 1. The first-order valence-corrected chi connectivity index (χ1v) is 6.78. The molecule has 98 valence electrons. The van der Waals surface area contributed by atoms with Crippen molar-refractivity contribution >= 4 is 27.5 Å². The van der Waals surface area contributed by atoms with Crippen LogP contribution in [0.2, 0.25) is 0 Å². The number of aryl methyl sites for hydroxylation is 2. The second-order valence-electron chi connectivity index (χ2n) is 4.15. The molecule has 1 aromatic heterocycles. The predicted molar refractivity (Wildman–Crippen MR) is 78.2 cm³/mol. The maximum absolute atomic E-state index is 12.1. The number of carbonyl (C=O) groups is 1. The van der Waals surface area contributed by atoms with Gasteiger partial charge in [-0.3, -0.25) is 9.78 Å². The number of aromatic nitrogens is 2. The summed E-state index contributed by atoms with van der Waals surface area (Å²) in [6.07, 6.45) is 3.90. The minimum atomic E-state index is -0.246. The number of nitrogens with one attached hydrogen (secondary N) is 1. The van der Waals surface area contributed by atoms with Crippen LogP contribution in [0.25, 0.3) is 0 Å². The number of hydrogen-bond acceptors (Lipinski definition) is 3. The Morgan fingerprint density at radius 1 is 1.32 bits per heavy atom. The first kappa shape index (κ1) is 13.7. The molecule has 4 nitrogen and oxygen atoms in total. The van der Waals surface area contributed by atoms with Gasteiger partial charge in [0.15, 0.2) is 0 Å². The Bertz CT molecular complexity index is 596. The van der Waals surface area contributed by atoms with Crippen LogP contribution in [0, 0.1) is 6.92 Å². The van der Waals surface area contributed by atoms with Crippen molar-refractivity contribution in [1.29, 1.82) is 0 Å². The van der Waals surface area contributed by atoms with Gasteiger partial charge in [-0.05, 0) is 37.1 Å². The molecule has 0 aliphatic rings. The van der Waals surface area contributed by atoms with E-state index in [4.69, 9.17) is 0 Å². The minimum Gasteiger partial charge on any atom is -0.320 e. The van der Waals surface area contributed by atoms with Crippen molar-refractivity contribution in [2.45, 2.75) is 20.3 Å². The summed E-state index contributed by atoms with van der Waals surface area (Å²) in [6.45, 7) is 3.88. The van der Waals surface area contributed by atoms with Crippen LogP contribution >= 0.6 is 15.9 Å². The van der Waals surface area contributed by atoms with Gasteiger partial charge < -0.3 is 5.32 Å². The molecule has 0 radical (unpaired) electrons. The molecule has 2 rings (SSSR count). The summed E-state index contributed by atoms with van der Waals surface area (Å²) in [5.74, 6) is -0.246. The normalized spacial score (nSPS) is 10.3. The topological polar surface area (TPSA) is 54.9 Å². The third-order valence-corrected chi connectivity index (χ3v) is 3.20. The first-order valence-electron chi connectivity index (χ1n) is 5.98. The van der Waals surface area contributed by atoms with Crippen LogP contribution in [0.5, 0.6) is 0 Å². The molecular weight excluding hydrogens is 306 g/mol. The highest BCUT2D eigenvalue weighted by atomic mass is 79.9. The summed E-state index contributed by atoms with van der Waals surface area (Å²) >= 11 is 3.42. The van der Waals surface area contributed by atoms with E-state index in [-0.39, 0.29) is 5.91 Å². The molecule has 1 amide bonds. The van der Waals surface area contributed by atoms with Crippen molar-refractivity contribution in [2.24, 2.45) is 0 Å². The summed E-state index contributed by atoms with van der Waals surface area (Å²) in [7, 11) is 0. The van der Waals surface area contributed by atoms with Gasteiger partial charge in [0.1, 0.15) is 5.69 Å². The molecule has 19 heavy (non-hydrogen) atoms. The Balaban J connectivity index is 2.21. The van der Waals surface area contributed by atoms with Gasteiger partial charge in [0.05, 0.1) is 11.9 Å². The highest BCUT2D eigenvalue weighted by Gasteiger charge is 2.10. The molecule has 0 atom stereocenters. The summed E-state index contributed by atoms with van der Waals surface area (Å²) in [4.78, 5) is 20.2. The number of nitrogens with zero attached hydrogens (tertiary/aromatic N) is 2. The molecule has 0 saturated carbocycles. The Labute approximate surface area is 120 Å². The highest BCUT2D eigenvalue weighted by molar-refractivity contribution is 9.10. The van der Waals surface area contributed by atoms with E-state index >= 15 is 0 Å². The van der Waals surface area contributed by atoms with Crippen LogP contribution in [0.3, 0.4) is 0 Å². The van der Waals surface area contributed by atoms with Gasteiger partial charge in [0.25, 0.3) is 5.91 Å². The lowest BCUT2D eigenvalue weighted by Crippen LogP contribution is -2.15. The number of rotatable bonds is 3. The number of amides is 1. The van der Waals surface area contributed by atoms with E-state index < -0.39 is 0 Å². The SMILES string of the molecule is CCc1cc(Br)ccc1NC(=O)c1cnc(C)cn1. The zero-order chi connectivity index (χ0) is 13.8. The van der Waals surface area contributed by atoms with Gasteiger partial charge >= 0.3 is 0 Å². The van der Waals surface area contributed by atoms with E-state index in [1.54, 1.807) is 6.20 Å². The van der Waals surface area contributed by atoms with E-state index in [0.717, 1.165) is 27.8 Å². The van der Waals surface area contributed by atoms with E-state index in [1.807, 2.05) is 32.0 Å². The summed E-state index contributed by atoms with van der Waals surface area (Å²) in [6, 6.07) is 5.77. The second-order valence-corrected chi connectivity index (χ2v) is 5.07. The highest BCUT2D eigenvalue weighted by Crippen LogP contribution is 2.21. The Hall–Kier alpha value is -1.75. The largest absolute Gasteiger partial charge is 0.320 e. The smallest absolute Gasteiger partial charge is 0.275 e. The molecule has 0 unspecified atom stereocenters. The first-order chi connectivity index (χ1) is 9.10. The van der Waals surface area contributed by atoms with Crippen LogP contribution in [0.1, 0.15) is 28.7 Å². The molecule has 2 aromatic rings. The molecule has 0 aliphatic carbocycles. The number of carbonyl (C=O) groups excluding carboxylic acids is 1. The van der Waals surface area contributed by atoms with Crippen molar-refractivity contribution < 1.29 is 4.79 Å². The third kappa shape index (κ3) is 3.38. The quantitative estimate of drug-likeness (QED) is 0.943. The van der Waals surface area contributed by atoms with E-state index in [9.17, 15) is 4.79 Å². The molecule has 0 spiro atoms. The predicted octanol–water partition coefficient (Wildman–Crippen LogP) is 3.36. The lowest BCUT2D eigenvalue weighted by atomic mass is 10.1. The number of hydrogen-bond donors (Lipinski definition) is 1. The van der Waals surface area contributed by atoms with Crippen molar-refractivity contribution in [3.63, 3.8) is 0 Å². The summed E-state index contributed by atoms with van der Waals surface area (Å²) < 4.78 is 0.998.